The van der Waals surface area contributed by atoms with Crippen LogP contribution in [0.3, 0.4) is 0 Å². The molecule has 42 heavy (non-hydrogen) atoms. The molecule has 0 spiro atoms. The maximum absolute atomic E-state index is 13.3. The van der Waals surface area contributed by atoms with Gasteiger partial charge in [-0.3, -0.25) is 19.2 Å². The molecule has 3 amide bonds. The number of amides is 3. The SMILES string of the molecule is O=CNc1nc(C(=NOC2C=CCC2)C(=O)NC2C(=O)N3CC(CSc4ccc5nnnn5n4)(C(=O)O)CS[C@H]23)cs1. The third-order valence-electron chi connectivity index (χ3n) is 6.82. The fraction of sp³-hybridized carbons (Fsp3) is 0.391. The van der Waals surface area contributed by atoms with Gasteiger partial charge in [-0.25, -0.2) is 4.98 Å². The molecule has 19 heteroatoms. The summed E-state index contributed by atoms with van der Waals surface area (Å²) in [5.74, 6) is -1.72. The predicted molar refractivity (Wildman–Crippen MR) is 151 cm³/mol. The van der Waals surface area contributed by atoms with Crippen molar-refractivity contribution < 1.29 is 29.1 Å². The first-order valence-electron chi connectivity index (χ1n) is 12.6. The maximum atomic E-state index is 13.3. The number of aliphatic carboxylic acids is 1. The lowest BCUT2D eigenvalue weighted by Crippen LogP contribution is -2.74. The molecule has 0 saturated carbocycles. The Balaban J connectivity index is 1.13. The van der Waals surface area contributed by atoms with Crippen molar-refractivity contribution in [3.05, 3.63) is 35.4 Å². The summed E-state index contributed by atoms with van der Waals surface area (Å²) in [6, 6.07) is 2.50. The van der Waals surface area contributed by atoms with E-state index in [0.29, 0.717) is 23.5 Å². The molecule has 16 nitrogen and oxygen atoms in total. The number of rotatable bonds is 11. The topological polar surface area (TPSA) is 206 Å². The fourth-order valence-corrected chi connectivity index (χ4v) is 7.92. The van der Waals surface area contributed by atoms with Crippen LogP contribution in [0, 0.1) is 5.41 Å². The molecular formula is C23H22N10O6S3. The quantitative estimate of drug-likeness (QED) is 0.0649. The Hall–Kier alpha value is -4.10. The minimum atomic E-state index is -1.23. The highest BCUT2D eigenvalue weighted by atomic mass is 32.2. The van der Waals surface area contributed by atoms with E-state index in [9.17, 15) is 24.3 Å². The molecule has 0 aromatic carbocycles. The number of β-lactam (4-membered cyclic amide) rings is 1. The highest BCUT2D eigenvalue weighted by Crippen LogP contribution is 2.44. The molecule has 3 unspecified atom stereocenters. The summed E-state index contributed by atoms with van der Waals surface area (Å²) in [6.45, 7) is -0.0176. The summed E-state index contributed by atoms with van der Waals surface area (Å²) in [7, 11) is 0. The second kappa shape index (κ2) is 11.6. The second-order valence-electron chi connectivity index (χ2n) is 9.58. The monoisotopic (exact) mass is 630 g/mol. The van der Waals surface area contributed by atoms with Crippen molar-refractivity contribution in [2.45, 2.75) is 35.4 Å². The molecule has 3 aliphatic rings. The number of carbonyl (C=O) groups excluding carboxylic acids is 3. The molecule has 0 radical (unpaired) electrons. The molecule has 2 fully saturated rings. The first-order chi connectivity index (χ1) is 20.4. The first kappa shape index (κ1) is 28.0. The number of carboxylic acids is 1. The number of hydrogen-bond acceptors (Lipinski definition) is 14. The summed E-state index contributed by atoms with van der Waals surface area (Å²) in [5, 5.41) is 36.7. The largest absolute Gasteiger partial charge is 0.481 e. The number of fused-ring (bicyclic) bond motifs is 2. The molecule has 2 aliphatic heterocycles. The number of thioether (sulfide) groups is 2. The summed E-state index contributed by atoms with van der Waals surface area (Å²) < 4.78 is 1.26. The third kappa shape index (κ3) is 5.41. The van der Waals surface area contributed by atoms with Gasteiger partial charge in [-0.05, 0) is 41.5 Å². The van der Waals surface area contributed by atoms with Crippen molar-refractivity contribution in [1.82, 2.24) is 40.5 Å². The van der Waals surface area contributed by atoms with Crippen LogP contribution in [-0.4, -0.2) is 106 Å². The van der Waals surface area contributed by atoms with Crippen molar-refractivity contribution >= 4 is 75.5 Å². The molecule has 5 heterocycles. The van der Waals surface area contributed by atoms with E-state index in [1.165, 1.54) is 33.1 Å². The van der Waals surface area contributed by atoms with E-state index in [1.807, 2.05) is 12.2 Å². The highest BCUT2D eigenvalue weighted by molar-refractivity contribution is 8.00. The van der Waals surface area contributed by atoms with Crippen molar-refractivity contribution in [1.29, 1.82) is 0 Å². The van der Waals surface area contributed by atoms with Gasteiger partial charge in [-0.15, -0.1) is 49.7 Å². The van der Waals surface area contributed by atoms with Crippen LogP contribution in [-0.2, 0) is 24.0 Å². The van der Waals surface area contributed by atoms with Gasteiger partial charge in [-0.2, -0.15) is 0 Å². The van der Waals surface area contributed by atoms with Crippen molar-refractivity contribution in [3.63, 3.8) is 0 Å². The number of carbonyl (C=O) groups is 4. The standard InChI is InChI=1S/C23H22N10O6S3/c34-11-24-22-25-13(7-40-22)16(29-39-12-3-1-2-4-12)18(35)26-17-19(36)32-8-23(21(37)38,10-42-20(17)32)9-41-15-6-5-14-27-30-31-33(14)28-15/h1,3,5-7,11-12,17,20H,2,4,8-10H2,(H,26,35)(H,37,38)(H,24,25,34)/t12?,17?,20-,23?/m1/s1. The predicted octanol–water partition coefficient (Wildman–Crippen LogP) is 0.247. The molecule has 218 valence electrons. The Bertz CT molecular complexity index is 1610. The zero-order valence-electron chi connectivity index (χ0n) is 21.5. The average molecular weight is 631 g/mol. The average Bonchev–Trinajstić information content (AvgIpc) is 3.77. The minimum Gasteiger partial charge on any atom is -0.481 e. The summed E-state index contributed by atoms with van der Waals surface area (Å²) >= 11 is 3.63. The van der Waals surface area contributed by atoms with E-state index in [1.54, 1.807) is 17.5 Å². The molecule has 3 aromatic heterocycles. The van der Waals surface area contributed by atoms with Crippen LogP contribution in [0.5, 0.6) is 0 Å². The Labute approximate surface area is 249 Å². The van der Waals surface area contributed by atoms with Gasteiger partial charge < -0.3 is 25.5 Å². The summed E-state index contributed by atoms with van der Waals surface area (Å²) in [6.07, 6.45) is 5.53. The van der Waals surface area contributed by atoms with Gasteiger partial charge in [0.05, 0.1) is 0 Å². The van der Waals surface area contributed by atoms with Crippen LogP contribution in [0.25, 0.3) is 5.65 Å². The number of allylic oxidation sites excluding steroid dienone is 1. The summed E-state index contributed by atoms with van der Waals surface area (Å²) in [5.41, 5.74) is -0.725. The second-order valence-corrected chi connectivity index (χ2v) is 12.5. The van der Waals surface area contributed by atoms with E-state index < -0.39 is 34.6 Å². The van der Waals surface area contributed by atoms with Gasteiger partial charge in [0.2, 0.25) is 12.3 Å². The Morgan fingerprint density at radius 1 is 1.36 bits per heavy atom. The lowest BCUT2D eigenvalue weighted by molar-refractivity contribution is -0.157. The van der Waals surface area contributed by atoms with Crippen LogP contribution in [0.2, 0.25) is 0 Å². The minimum absolute atomic E-state index is 0.0176. The highest BCUT2D eigenvalue weighted by Gasteiger charge is 2.57. The number of nitrogens with zero attached hydrogens (tertiary/aromatic N) is 8. The Kier molecular flexibility index (Phi) is 7.78. The zero-order valence-corrected chi connectivity index (χ0v) is 24.0. The van der Waals surface area contributed by atoms with Crippen molar-refractivity contribution in [2.24, 2.45) is 10.6 Å². The number of hydrogen-bond donors (Lipinski definition) is 3. The number of thiazole rings is 1. The van der Waals surface area contributed by atoms with E-state index >= 15 is 0 Å². The van der Waals surface area contributed by atoms with Crippen molar-refractivity contribution in [2.75, 3.05) is 23.4 Å². The molecule has 2 saturated heterocycles. The third-order valence-corrected chi connectivity index (χ3v) is 10.4. The van der Waals surface area contributed by atoms with E-state index in [-0.39, 0.29) is 40.7 Å². The van der Waals surface area contributed by atoms with Gasteiger partial charge in [-0.1, -0.05) is 11.2 Å². The molecule has 3 N–H and O–H groups in total. The maximum Gasteiger partial charge on any atom is 0.313 e. The van der Waals surface area contributed by atoms with Gasteiger partial charge in [0.15, 0.2) is 16.5 Å². The number of aromatic nitrogens is 6. The fourth-order valence-electron chi connectivity index (χ4n) is 4.55. The van der Waals surface area contributed by atoms with Crippen molar-refractivity contribution in [3.8, 4) is 0 Å². The molecule has 0 bridgehead atoms. The number of oxime groups is 1. The molecular weight excluding hydrogens is 609 g/mol. The lowest BCUT2D eigenvalue weighted by atomic mass is 9.89. The number of nitrogens with one attached hydrogen (secondary N) is 2. The van der Waals surface area contributed by atoms with Crippen LogP contribution in [0.1, 0.15) is 18.5 Å². The van der Waals surface area contributed by atoms with Gasteiger partial charge in [0.1, 0.15) is 33.7 Å². The lowest BCUT2D eigenvalue weighted by Gasteiger charge is -2.53. The van der Waals surface area contributed by atoms with E-state index in [4.69, 9.17) is 4.84 Å². The normalized spacial score (nSPS) is 25.1. The van der Waals surface area contributed by atoms with Crippen LogP contribution >= 0.6 is 34.9 Å². The Morgan fingerprint density at radius 3 is 3.02 bits per heavy atom. The smallest absolute Gasteiger partial charge is 0.313 e. The number of carboxylic acid groups (broad SMARTS) is 1. The van der Waals surface area contributed by atoms with Crippen LogP contribution in [0.15, 0.2) is 39.8 Å². The van der Waals surface area contributed by atoms with E-state index in [2.05, 4.69) is 41.4 Å². The van der Waals surface area contributed by atoms with E-state index in [0.717, 1.165) is 17.8 Å². The Morgan fingerprint density at radius 2 is 2.24 bits per heavy atom. The van der Waals surface area contributed by atoms with Gasteiger partial charge in [0, 0.05) is 23.4 Å². The van der Waals surface area contributed by atoms with Gasteiger partial charge >= 0.3 is 5.97 Å². The summed E-state index contributed by atoms with van der Waals surface area (Å²) in [4.78, 5) is 61.0. The molecule has 6 rings (SSSR count). The van der Waals surface area contributed by atoms with Crippen LogP contribution in [0.4, 0.5) is 5.13 Å². The molecule has 3 aromatic rings. The molecule has 4 atom stereocenters. The van der Waals surface area contributed by atoms with Gasteiger partial charge in [0.25, 0.3) is 5.91 Å². The number of anilines is 1. The zero-order chi connectivity index (χ0) is 29.3. The number of tetrazole rings is 1. The molecule has 1 aliphatic carbocycles. The van der Waals surface area contributed by atoms with Crippen LogP contribution < -0.4 is 10.6 Å². The first-order valence-corrected chi connectivity index (χ1v) is 15.5.